The van der Waals surface area contributed by atoms with Crippen LogP contribution in [0, 0.1) is 5.82 Å². The summed E-state index contributed by atoms with van der Waals surface area (Å²) in [4.78, 5) is 27.3. The summed E-state index contributed by atoms with van der Waals surface area (Å²) in [5.41, 5.74) is 0.978. The average Bonchev–Trinajstić information content (AvgIpc) is 2.81. The van der Waals surface area contributed by atoms with Gasteiger partial charge in [0.05, 0.1) is 7.11 Å². The van der Waals surface area contributed by atoms with E-state index in [1.807, 2.05) is 4.90 Å². The van der Waals surface area contributed by atoms with E-state index in [2.05, 4.69) is 9.64 Å². The van der Waals surface area contributed by atoms with Gasteiger partial charge in [-0.1, -0.05) is 0 Å². The maximum absolute atomic E-state index is 13.0. The molecule has 0 spiro atoms. The highest BCUT2D eigenvalue weighted by Gasteiger charge is 2.19. The van der Waals surface area contributed by atoms with E-state index < -0.39 is 0 Å². The molecule has 1 aromatic carbocycles. The molecule has 1 saturated heterocycles. The summed E-state index contributed by atoms with van der Waals surface area (Å²) in [7, 11) is 1.35. The molecule has 0 aliphatic carbocycles. The first kappa shape index (κ1) is 17.2. The lowest BCUT2D eigenvalue weighted by Crippen LogP contribution is -2.35. The Kier molecular flexibility index (Phi) is 6.38. The zero-order valence-electron chi connectivity index (χ0n) is 13.5. The van der Waals surface area contributed by atoms with Crippen molar-refractivity contribution >= 4 is 17.6 Å². The Hall–Kier alpha value is -2.11. The van der Waals surface area contributed by atoms with Crippen molar-refractivity contribution < 1.29 is 18.7 Å². The molecule has 0 saturated carbocycles. The summed E-state index contributed by atoms with van der Waals surface area (Å²) < 4.78 is 17.6. The Bertz CT molecular complexity index is 533. The molecule has 23 heavy (non-hydrogen) atoms. The van der Waals surface area contributed by atoms with Crippen LogP contribution in [0.5, 0.6) is 0 Å². The van der Waals surface area contributed by atoms with Gasteiger partial charge in [0.2, 0.25) is 5.91 Å². The van der Waals surface area contributed by atoms with E-state index >= 15 is 0 Å². The number of rotatable bonds is 5. The van der Waals surface area contributed by atoms with Gasteiger partial charge >= 0.3 is 5.97 Å². The number of nitrogens with zero attached hydrogens (tertiary/aromatic N) is 2. The molecule has 1 amide bonds. The first-order valence-corrected chi connectivity index (χ1v) is 7.95. The molecule has 0 unspecified atom stereocenters. The second-order valence-electron chi connectivity index (χ2n) is 5.63. The average molecular weight is 322 g/mol. The number of anilines is 1. The minimum Gasteiger partial charge on any atom is -0.469 e. The lowest BCUT2D eigenvalue weighted by atomic mass is 10.2. The van der Waals surface area contributed by atoms with E-state index in [4.69, 9.17) is 0 Å². The van der Waals surface area contributed by atoms with Crippen LogP contribution in [0.4, 0.5) is 10.1 Å². The first-order valence-electron chi connectivity index (χ1n) is 7.95. The third-order valence-corrected chi connectivity index (χ3v) is 4.04. The molecule has 0 aromatic heterocycles. The summed E-state index contributed by atoms with van der Waals surface area (Å²) in [6.45, 7) is 2.94. The van der Waals surface area contributed by atoms with Crippen LogP contribution in [0.15, 0.2) is 24.3 Å². The Morgan fingerprint density at radius 1 is 1.09 bits per heavy atom. The number of ether oxygens (including phenoxy) is 1. The highest BCUT2D eigenvalue weighted by Crippen LogP contribution is 2.17. The molecule has 2 rings (SSSR count). The van der Waals surface area contributed by atoms with E-state index in [0.29, 0.717) is 19.4 Å². The van der Waals surface area contributed by atoms with Gasteiger partial charge in [-0.3, -0.25) is 9.59 Å². The van der Waals surface area contributed by atoms with Gasteiger partial charge in [0.25, 0.3) is 0 Å². The Balaban J connectivity index is 1.82. The zero-order chi connectivity index (χ0) is 16.7. The van der Waals surface area contributed by atoms with Crippen molar-refractivity contribution in [1.82, 2.24) is 4.90 Å². The molecule has 1 aliphatic heterocycles. The maximum atomic E-state index is 13.0. The van der Waals surface area contributed by atoms with E-state index in [-0.39, 0.29) is 24.1 Å². The smallest absolute Gasteiger partial charge is 0.305 e. The molecule has 5 nitrogen and oxygen atoms in total. The third kappa shape index (κ3) is 5.23. The summed E-state index contributed by atoms with van der Waals surface area (Å²) in [6, 6.07) is 6.44. The van der Waals surface area contributed by atoms with Gasteiger partial charge in [-0.2, -0.15) is 0 Å². The third-order valence-electron chi connectivity index (χ3n) is 4.04. The van der Waals surface area contributed by atoms with E-state index in [1.54, 1.807) is 12.1 Å². The standard InChI is InChI=1S/C17H23FN2O3/c1-23-17(22)5-2-4-16(21)20-11-3-10-19(12-13-20)15-8-6-14(18)7-9-15/h6-9H,2-5,10-13H2,1H3. The lowest BCUT2D eigenvalue weighted by Gasteiger charge is -2.23. The number of hydrogen-bond acceptors (Lipinski definition) is 4. The van der Waals surface area contributed by atoms with Crippen LogP contribution >= 0.6 is 0 Å². The second-order valence-corrected chi connectivity index (χ2v) is 5.63. The number of benzene rings is 1. The minimum atomic E-state index is -0.281. The monoisotopic (exact) mass is 322 g/mol. The highest BCUT2D eigenvalue weighted by molar-refractivity contribution is 5.77. The fourth-order valence-corrected chi connectivity index (χ4v) is 2.72. The van der Waals surface area contributed by atoms with Crippen LogP contribution in [-0.4, -0.2) is 50.1 Å². The van der Waals surface area contributed by atoms with Crippen LogP contribution < -0.4 is 4.90 Å². The number of carbonyl (C=O) groups excluding carboxylic acids is 2. The van der Waals surface area contributed by atoms with Crippen molar-refractivity contribution in [2.75, 3.05) is 38.2 Å². The molecule has 126 valence electrons. The van der Waals surface area contributed by atoms with Gasteiger partial charge in [0, 0.05) is 44.7 Å². The number of methoxy groups -OCH3 is 1. The van der Waals surface area contributed by atoms with Crippen molar-refractivity contribution in [3.05, 3.63) is 30.1 Å². The van der Waals surface area contributed by atoms with E-state index in [0.717, 1.165) is 31.7 Å². The quantitative estimate of drug-likeness (QED) is 0.780. The molecule has 0 N–H and O–H groups in total. The van der Waals surface area contributed by atoms with Crippen LogP contribution in [0.3, 0.4) is 0 Å². The summed E-state index contributed by atoms with van der Waals surface area (Å²) >= 11 is 0. The second kappa shape index (κ2) is 8.50. The van der Waals surface area contributed by atoms with Gasteiger partial charge in [0.15, 0.2) is 0 Å². The molecule has 1 aromatic rings. The van der Waals surface area contributed by atoms with Crippen molar-refractivity contribution in [3.63, 3.8) is 0 Å². The van der Waals surface area contributed by atoms with E-state index in [9.17, 15) is 14.0 Å². The fraction of sp³-hybridized carbons (Fsp3) is 0.529. The van der Waals surface area contributed by atoms with Crippen molar-refractivity contribution in [1.29, 1.82) is 0 Å². The molecule has 0 radical (unpaired) electrons. The van der Waals surface area contributed by atoms with Crippen LogP contribution in [0.2, 0.25) is 0 Å². The van der Waals surface area contributed by atoms with Crippen molar-refractivity contribution in [3.8, 4) is 0 Å². The molecule has 1 fully saturated rings. The molecular weight excluding hydrogens is 299 g/mol. The van der Waals surface area contributed by atoms with Gasteiger partial charge in [-0.25, -0.2) is 4.39 Å². The van der Waals surface area contributed by atoms with Gasteiger partial charge < -0.3 is 14.5 Å². The number of esters is 1. The number of amides is 1. The van der Waals surface area contributed by atoms with Gasteiger partial charge in [-0.05, 0) is 37.1 Å². The summed E-state index contributed by atoms with van der Waals surface area (Å²) in [5, 5.41) is 0. The van der Waals surface area contributed by atoms with E-state index in [1.165, 1.54) is 19.2 Å². The molecule has 1 heterocycles. The predicted octanol–water partition coefficient (Wildman–Crippen LogP) is 2.21. The Labute approximate surface area is 136 Å². The topological polar surface area (TPSA) is 49.9 Å². The van der Waals surface area contributed by atoms with Gasteiger partial charge in [-0.15, -0.1) is 0 Å². The molecular formula is C17H23FN2O3. The van der Waals surface area contributed by atoms with Gasteiger partial charge in [0.1, 0.15) is 5.82 Å². The maximum Gasteiger partial charge on any atom is 0.305 e. The predicted molar refractivity (Wildman–Crippen MR) is 85.7 cm³/mol. The van der Waals surface area contributed by atoms with Crippen molar-refractivity contribution in [2.45, 2.75) is 25.7 Å². The summed E-state index contributed by atoms with van der Waals surface area (Å²) in [6.07, 6.45) is 2.03. The molecule has 0 atom stereocenters. The van der Waals surface area contributed by atoms with Crippen LogP contribution in [-0.2, 0) is 14.3 Å². The molecule has 6 heteroatoms. The number of halogens is 1. The minimum absolute atomic E-state index is 0.0786. The van der Waals surface area contributed by atoms with Crippen molar-refractivity contribution in [2.24, 2.45) is 0 Å². The molecule has 1 aliphatic rings. The van der Waals surface area contributed by atoms with Crippen LogP contribution in [0.25, 0.3) is 0 Å². The normalized spacial score (nSPS) is 15.2. The first-order chi connectivity index (χ1) is 11.1. The largest absolute Gasteiger partial charge is 0.469 e. The number of hydrogen-bond donors (Lipinski definition) is 0. The Morgan fingerprint density at radius 3 is 2.52 bits per heavy atom. The molecule has 0 bridgehead atoms. The Morgan fingerprint density at radius 2 is 1.83 bits per heavy atom. The number of carbonyl (C=O) groups is 2. The zero-order valence-corrected chi connectivity index (χ0v) is 13.5. The summed E-state index contributed by atoms with van der Waals surface area (Å²) in [5.74, 6) is -0.447. The lowest BCUT2D eigenvalue weighted by molar-refractivity contribution is -0.140. The SMILES string of the molecule is COC(=O)CCCC(=O)N1CCCN(c2ccc(F)cc2)CC1. The fourth-order valence-electron chi connectivity index (χ4n) is 2.72. The van der Waals surface area contributed by atoms with Crippen LogP contribution in [0.1, 0.15) is 25.7 Å². The highest BCUT2D eigenvalue weighted by atomic mass is 19.1.